The van der Waals surface area contributed by atoms with E-state index < -0.39 is 10.0 Å². The number of imidazole rings is 1. The van der Waals surface area contributed by atoms with E-state index in [9.17, 15) is 8.42 Å². The first kappa shape index (κ1) is 14.8. The van der Waals surface area contributed by atoms with Crippen LogP contribution in [-0.4, -0.2) is 56.0 Å². The first-order chi connectivity index (χ1) is 10.1. The molecule has 2 aromatic rings. The highest BCUT2D eigenvalue weighted by Crippen LogP contribution is 2.30. The largest absolute Gasteiger partial charge is 0.384 e. The Morgan fingerprint density at radius 3 is 3.10 bits per heavy atom. The molecule has 1 atom stereocenters. The average molecular weight is 330 g/mol. The number of sulfonamides is 1. The number of nitrogens with zero attached hydrogens (tertiary/aromatic N) is 3. The molecule has 0 spiro atoms. The van der Waals surface area contributed by atoms with E-state index in [1.165, 1.54) is 15.6 Å². The third-order valence-corrected chi connectivity index (χ3v) is 6.34. The van der Waals surface area contributed by atoms with Gasteiger partial charge in [-0.1, -0.05) is 0 Å². The number of ether oxygens (including phenoxy) is 1. The SMILES string of the molecule is CNc1nc2sccn2c1S(=O)(=O)N1CCC(COC)C1. The van der Waals surface area contributed by atoms with Crippen LogP contribution in [-0.2, 0) is 14.8 Å². The first-order valence-corrected chi connectivity index (χ1v) is 9.02. The molecule has 1 aliphatic rings. The van der Waals surface area contributed by atoms with Crippen molar-refractivity contribution in [3.05, 3.63) is 11.6 Å². The molecule has 116 valence electrons. The third-order valence-electron chi connectivity index (χ3n) is 3.69. The molecule has 3 rings (SSSR count). The van der Waals surface area contributed by atoms with Gasteiger partial charge in [-0.2, -0.15) is 4.31 Å². The predicted octanol–water partition coefficient (Wildman–Crippen LogP) is 1.09. The van der Waals surface area contributed by atoms with Crippen molar-refractivity contribution in [2.75, 3.05) is 39.2 Å². The normalized spacial score (nSPS) is 20.4. The molecule has 1 saturated heterocycles. The fourth-order valence-corrected chi connectivity index (χ4v) is 5.24. The van der Waals surface area contributed by atoms with Crippen LogP contribution in [0, 0.1) is 5.92 Å². The summed E-state index contributed by atoms with van der Waals surface area (Å²) in [5.74, 6) is 0.658. The van der Waals surface area contributed by atoms with Gasteiger partial charge in [0.25, 0.3) is 10.0 Å². The Kier molecular flexibility index (Phi) is 3.91. The standard InChI is InChI=1S/C12H18N4O3S2/c1-13-10-11(16-5-6-20-12(16)14-10)21(17,18)15-4-3-9(7-15)8-19-2/h5-6,9,13H,3-4,7-8H2,1-2H3. The Morgan fingerprint density at radius 1 is 1.57 bits per heavy atom. The Labute approximate surface area is 127 Å². The smallest absolute Gasteiger partial charge is 0.262 e. The van der Waals surface area contributed by atoms with Crippen LogP contribution in [0.5, 0.6) is 0 Å². The lowest BCUT2D eigenvalue weighted by molar-refractivity contribution is 0.157. The van der Waals surface area contributed by atoms with E-state index in [1.807, 2.05) is 5.38 Å². The Morgan fingerprint density at radius 2 is 2.38 bits per heavy atom. The van der Waals surface area contributed by atoms with E-state index in [0.717, 1.165) is 6.42 Å². The summed E-state index contributed by atoms with van der Waals surface area (Å²) < 4.78 is 34.1. The van der Waals surface area contributed by atoms with Crippen molar-refractivity contribution in [2.45, 2.75) is 11.4 Å². The molecule has 0 bridgehead atoms. The van der Waals surface area contributed by atoms with E-state index in [1.54, 1.807) is 24.8 Å². The van der Waals surface area contributed by atoms with Crippen molar-refractivity contribution >= 4 is 32.1 Å². The minimum atomic E-state index is -3.56. The lowest BCUT2D eigenvalue weighted by Crippen LogP contribution is -2.30. The summed E-state index contributed by atoms with van der Waals surface area (Å²) in [6, 6.07) is 0. The molecule has 1 N–H and O–H groups in total. The van der Waals surface area contributed by atoms with Crippen molar-refractivity contribution in [3.63, 3.8) is 0 Å². The minimum Gasteiger partial charge on any atom is -0.384 e. The van der Waals surface area contributed by atoms with Gasteiger partial charge in [-0.25, -0.2) is 13.4 Å². The lowest BCUT2D eigenvalue weighted by Gasteiger charge is -2.16. The van der Waals surface area contributed by atoms with Crippen LogP contribution in [0.1, 0.15) is 6.42 Å². The zero-order valence-corrected chi connectivity index (χ0v) is 13.6. The lowest BCUT2D eigenvalue weighted by atomic mass is 10.1. The summed E-state index contributed by atoms with van der Waals surface area (Å²) in [5.41, 5.74) is 0. The van der Waals surface area contributed by atoms with Gasteiger partial charge in [0.2, 0.25) is 0 Å². The summed E-state index contributed by atoms with van der Waals surface area (Å²) in [6.07, 6.45) is 2.57. The molecule has 1 aliphatic heterocycles. The maximum atomic E-state index is 12.9. The van der Waals surface area contributed by atoms with Crippen LogP contribution in [0.2, 0.25) is 0 Å². The number of fused-ring (bicyclic) bond motifs is 1. The maximum absolute atomic E-state index is 12.9. The van der Waals surface area contributed by atoms with Gasteiger partial charge in [0, 0.05) is 38.8 Å². The zero-order valence-electron chi connectivity index (χ0n) is 11.9. The van der Waals surface area contributed by atoms with Crippen LogP contribution in [0.4, 0.5) is 5.82 Å². The Bertz CT molecular complexity index is 737. The summed E-state index contributed by atoms with van der Waals surface area (Å²) in [5, 5.41) is 4.93. The van der Waals surface area contributed by atoms with Crippen LogP contribution in [0.15, 0.2) is 16.6 Å². The van der Waals surface area contributed by atoms with Gasteiger partial charge >= 0.3 is 0 Å². The Hall–Kier alpha value is -1.16. The number of nitrogens with one attached hydrogen (secondary N) is 1. The van der Waals surface area contributed by atoms with E-state index in [4.69, 9.17) is 4.74 Å². The minimum absolute atomic E-state index is 0.222. The quantitative estimate of drug-likeness (QED) is 0.888. The van der Waals surface area contributed by atoms with Crippen LogP contribution in [0.3, 0.4) is 0 Å². The summed E-state index contributed by atoms with van der Waals surface area (Å²) >= 11 is 1.41. The van der Waals surface area contributed by atoms with Crippen LogP contribution in [0.25, 0.3) is 4.96 Å². The predicted molar refractivity (Wildman–Crippen MR) is 81.4 cm³/mol. The van der Waals surface area contributed by atoms with Gasteiger partial charge in [0.05, 0.1) is 6.61 Å². The monoisotopic (exact) mass is 330 g/mol. The maximum Gasteiger partial charge on any atom is 0.262 e. The van der Waals surface area contributed by atoms with Gasteiger partial charge in [0.1, 0.15) is 0 Å². The molecular formula is C12H18N4O3S2. The van der Waals surface area contributed by atoms with Gasteiger partial charge < -0.3 is 10.1 Å². The zero-order chi connectivity index (χ0) is 15.0. The third kappa shape index (κ3) is 2.44. The van der Waals surface area contributed by atoms with E-state index in [2.05, 4.69) is 10.3 Å². The van der Waals surface area contributed by atoms with Gasteiger partial charge in [-0.05, 0) is 12.3 Å². The number of rotatable bonds is 5. The van der Waals surface area contributed by atoms with E-state index in [-0.39, 0.29) is 10.9 Å². The molecule has 3 heterocycles. The van der Waals surface area contributed by atoms with Crippen molar-refractivity contribution in [1.29, 1.82) is 0 Å². The highest BCUT2D eigenvalue weighted by atomic mass is 32.2. The summed E-state index contributed by atoms with van der Waals surface area (Å²) in [6.45, 7) is 1.61. The fraction of sp³-hybridized carbons (Fsp3) is 0.583. The summed E-state index contributed by atoms with van der Waals surface area (Å²) in [7, 11) is -0.239. The van der Waals surface area contributed by atoms with Gasteiger partial charge in [-0.3, -0.25) is 4.40 Å². The first-order valence-electron chi connectivity index (χ1n) is 6.70. The molecule has 21 heavy (non-hydrogen) atoms. The molecule has 1 fully saturated rings. The van der Waals surface area contributed by atoms with Crippen molar-refractivity contribution < 1.29 is 13.2 Å². The second-order valence-corrected chi connectivity index (χ2v) is 7.77. The topological polar surface area (TPSA) is 75.9 Å². The van der Waals surface area contributed by atoms with Crippen LogP contribution < -0.4 is 5.32 Å². The number of thiazole rings is 1. The second kappa shape index (κ2) is 5.56. The number of aromatic nitrogens is 2. The Balaban J connectivity index is 1.99. The van der Waals surface area contributed by atoms with Crippen LogP contribution >= 0.6 is 11.3 Å². The molecule has 0 radical (unpaired) electrons. The molecule has 0 aromatic carbocycles. The molecule has 0 aliphatic carbocycles. The van der Waals surface area contributed by atoms with E-state index >= 15 is 0 Å². The molecule has 9 heteroatoms. The number of hydrogen-bond donors (Lipinski definition) is 1. The number of methoxy groups -OCH3 is 1. The number of anilines is 1. The van der Waals surface area contributed by atoms with Crippen molar-refractivity contribution in [3.8, 4) is 0 Å². The average Bonchev–Trinajstić information content (AvgIpc) is 3.12. The number of hydrogen-bond acceptors (Lipinski definition) is 6. The molecule has 0 amide bonds. The fourth-order valence-electron chi connectivity index (χ4n) is 2.68. The van der Waals surface area contributed by atoms with Crippen molar-refractivity contribution in [2.24, 2.45) is 5.92 Å². The molecular weight excluding hydrogens is 312 g/mol. The molecule has 1 unspecified atom stereocenters. The molecule has 0 saturated carbocycles. The summed E-state index contributed by atoms with van der Waals surface area (Å²) in [4.78, 5) is 5.00. The second-order valence-electron chi connectivity index (χ2n) is 5.04. The van der Waals surface area contributed by atoms with Crippen molar-refractivity contribution in [1.82, 2.24) is 13.7 Å². The highest BCUT2D eigenvalue weighted by molar-refractivity contribution is 7.89. The van der Waals surface area contributed by atoms with Gasteiger partial charge in [0.15, 0.2) is 15.8 Å². The molecule has 2 aromatic heterocycles. The highest BCUT2D eigenvalue weighted by Gasteiger charge is 2.36. The van der Waals surface area contributed by atoms with Gasteiger partial charge in [-0.15, -0.1) is 11.3 Å². The molecule has 7 nitrogen and oxygen atoms in total. The van der Waals surface area contributed by atoms with E-state index in [0.29, 0.717) is 30.5 Å².